The summed E-state index contributed by atoms with van der Waals surface area (Å²) in [4.78, 5) is 7.26. The summed E-state index contributed by atoms with van der Waals surface area (Å²) in [5.74, 6) is 0.957. The predicted molar refractivity (Wildman–Crippen MR) is 82.4 cm³/mol. The molecule has 1 aromatic rings. The number of likely N-dealkylation sites (tertiary alicyclic amines) is 1. The van der Waals surface area contributed by atoms with Crippen molar-refractivity contribution in [1.29, 1.82) is 0 Å². The third-order valence-corrected chi connectivity index (χ3v) is 4.94. The van der Waals surface area contributed by atoms with Crippen molar-refractivity contribution in [2.45, 2.75) is 52.0 Å². The summed E-state index contributed by atoms with van der Waals surface area (Å²) >= 11 is 1.76. The lowest BCUT2D eigenvalue weighted by molar-refractivity contribution is 0.268. The minimum absolute atomic E-state index is 0.704. The Balaban J connectivity index is 1.81. The van der Waals surface area contributed by atoms with Crippen LogP contribution in [0.15, 0.2) is 5.38 Å². The molecule has 1 aliphatic heterocycles. The number of hydrogen-bond acceptors (Lipinski definition) is 4. The van der Waals surface area contributed by atoms with Crippen LogP contribution in [0, 0.1) is 5.92 Å². The molecule has 0 radical (unpaired) electrons. The number of hydrogen-bond donors (Lipinski definition) is 1. The van der Waals surface area contributed by atoms with Crippen molar-refractivity contribution in [2.24, 2.45) is 11.7 Å². The van der Waals surface area contributed by atoms with E-state index < -0.39 is 0 Å². The van der Waals surface area contributed by atoms with Gasteiger partial charge in [0.2, 0.25) is 0 Å². The molecule has 1 unspecified atom stereocenters. The van der Waals surface area contributed by atoms with E-state index in [9.17, 15) is 0 Å². The summed E-state index contributed by atoms with van der Waals surface area (Å²) in [6, 6.07) is 0. The monoisotopic (exact) mass is 281 g/mol. The molecular formula is C15H27N3S. The van der Waals surface area contributed by atoms with Gasteiger partial charge in [0, 0.05) is 18.3 Å². The molecule has 0 amide bonds. The minimum Gasteiger partial charge on any atom is -0.330 e. The van der Waals surface area contributed by atoms with Gasteiger partial charge in [-0.2, -0.15) is 0 Å². The van der Waals surface area contributed by atoms with Crippen LogP contribution in [0.3, 0.4) is 0 Å². The summed E-state index contributed by atoms with van der Waals surface area (Å²) in [6.45, 7) is 6.52. The van der Waals surface area contributed by atoms with Gasteiger partial charge < -0.3 is 5.73 Å². The molecule has 0 saturated carbocycles. The van der Waals surface area contributed by atoms with Gasteiger partial charge in [-0.15, -0.1) is 11.3 Å². The standard InChI is InChI=1S/C15H27N3S/c1-2-4-13-5-3-9-18(10-7-13)11-14-12-19-15(17-14)6-8-16/h12-13H,2-11,16H2,1H3. The second-order valence-electron chi connectivity index (χ2n) is 5.63. The Morgan fingerprint density at radius 1 is 1.42 bits per heavy atom. The Morgan fingerprint density at radius 2 is 2.32 bits per heavy atom. The van der Waals surface area contributed by atoms with E-state index in [1.165, 1.54) is 55.9 Å². The highest BCUT2D eigenvalue weighted by atomic mass is 32.1. The van der Waals surface area contributed by atoms with E-state index in [4.69, 9.17) is 5.73 Å². The Morgan fingerprint density at radius 3 is 3.11 bits per heavy atom. The fourth-order valence-corrected chi connectivity index (χ4v) is 3.77. The first kappa shape index (κ1) is 14.9. The number of thiazole rings is 1. The van der Waals surface area contributed by atoms with Gasteiger partial charge in [-0.1, -0.05) is 19.8 Å². The van der Waals surface area contributed by atoms with E-state index in [-0.39, 0.29) is 0 Å². The van der Waals surface area contributed by atoms with E-state index in [0.29, 0.717) is 6.54 Å². The lowest BCUT2D eigenvalue weighted by Gasteiger charge is -2.18. The van der Waals surface area contributed by atoms with Crippen LogP contribution in [0.1, 0.15) is 49.7 Å². The first-order valence-corrected chi connectivity index (χ1v) is 8.55. The topological polar surface area (TPSA) is 42.1 Å². The van der Waals surface area contributed by atoms with Gasteiger partial charge in [0.05, 0.1) is 10.7 Å². The molecule has 0 aromatic carbocycles. The molecule has 0 bridgehead atoms. The van der Waals surface area contributed by atoms with Crippen LogP contribution in [-0.4, -0.2) is 29.5 Å². The average molecular weight is 281 g/mol. The first-order valence-electron chi connectivity index (χ1n) is 7.67. The van der Waals surface area contributed by atoms with Crippen molar-refractivity contribution in [2.75, 3.05) is 19.6 Å². The normalized spacial score (nSPS) is 21.5. The molecule has 1 fully saturated rings. The summed E-state index contributed by atoms with van der Waals surface area (Å²) in [6.07, 6.45) is 7.80. The highest BCUT2D eigenvalue weighted by Crippen LogP contribution is 2.23. The van der Waals surface area contributed by atoms with Crippen LogP contribution in [0.25, 0.3) is 0 Å². The van der Waals surface area contributed by atoms with Gasteiger partial charge in [-0.25, -0.2) is 4.98 Å². The first-order chi connectivity index (χ1) is 9.31. The third-order valence-electron chi connectivity index (χ3n) is 3.98. The molecule has 2 N–H and O–H groups in total. The van der Waals surface area contributed by atoms with Crippen LogP contribution in [0.4, 0.5) is 0 Å². The van der Waals surface area contributed by atoms with Gasteiger partial charge in [-0.05, 0) is 44.8 Å². The van der Waals surface area contributed by atoms with Crippen molar-refractivity contribution in [3.63, 3.8) is 0 Å². The predicted octanol–water partition coefficient (Wildman–Crippen LogP) is 3.05. The molecule has 0 spiro atoms. The molecule has 19 heavy (non-hydrogen) atoms. The van der Waals surface area contributed by atoms with Gasteiger partial charge in [0.1, 0.15) is 0 Å². The maximum atomic E-state index is 5.57. The van der Waals surface area contributed by atoms with E-state index >= 15 is 0 Å². The fraction of sp³-hybridized carbons (Fsp3) is 0.800. The Bertz CT molecular complexity index is 364. The smallest absolute Gasteiger partial charge is 0.0941 e. The van der Waals surface area contributed by atoms with Crippen molar-refractivity contribution in [3.8, 4) is 0 Å². The molecule has 1 aliphatic rings. The zero-order chi connectivity index (χ0) is 13.5. The number of aromatic nitrogens is 1. The van der Waals surface area contributed by atoms with Crippen molar-refractivity contribution in [3.05, 3.63) is 16.1 Å². The molecule has 3 nitrogen and oxygen atoms in total. The van der Waals surface area contributed by atoms with Crippen LogP contribution in [-0.2, 0) is 13.0 Å². The van der Waals surface area contributed by atoms with Crippen molar-refractivity contribution >= 4 is 11.3 Å². The van der Waals surface area contributed by atoms with Gasteiger partial charge in [0.15, 0.2) is 0 Å². The van der Waals surface area contributed by atoms with Gasteiger partial charge >= 0.3 is 0 Å². The van der Waals surface area contributed by atoms with E-state index in [1.807, 2.05) is 0 Å². The Hall–Kier alpha value is -0.450. The van der Waals surface area contributed by atoms with E-state index in [0.717, 1.165) is 18.9 Å². The third kappa shape index (κ3) is 4.86. The van der Waals surface area contributed by atoms with E-state index in [2.05, 4.69) is 22.2 Å². The largest absolute Gasteiger partial charge is 0.330 e. The molecule has 2 heterocycles. The second kappa shape index (κ2) is 7.98. The number of rotatable bonds is 6. The van der Waals surface area contributed by atoms with Crippen LogP contribution < -0.4 is 5.73 Å². The van der Waals surface area contributed by atoms with Gasteiger partial charge in [0.25, 0.3) is 0 Å². The zero-order valence-electron chi connectivity index (χ0n) is 12.1. The molecule has 1 saturated heterocycles. The minimum atomic E-state index is 0.704. The SMILES string of the molecule is CCCC1CCCN(Cc2csc(CCN)n2)CC1. The maximum absolute atomic E-state index is 5.57. The number of nitrogens with two attached hydrogens (primary N) is 1. The van der Waals surface area contributed by atoms with Crippen molar-refractivity contribution in [1.82, 2.24) is 9.88 Å². The summed E-state index contributed by atoms with van der Waals surface area (Å²) in [7, 11) is 0. The average Bonchev–Trinajstić information content (AvgIpc) is 2.71. The highest BCUT2D eigenvalue weighted by molar-refractivity contribution is 7.09. The second-order valence-corrected chi connectivity index (χ2v) is 6.58. The lowest BCUT2D eigenvalue weighted by Crippen LogP contribution is -2.24. The Labute approximate surface area is 121 Å². The maximum Gasteiger partial charge on any atom is 0.0941 e. The van der Waals surface area contributed by atoms with Crippen LogP contribution >= 0.6 is 11.3 Å². The van der Waals surface area contributed by atoms with Crippen LogP contribution in [0.5, 0.6) is 0 Å². The zero-order valence-corrected chi connectivity index (χ0v) is 12.9. The molecule has 1 atom stereocenters. The molecule has 1 aromatic heterocycles. The molecule has 108 valence electrons. The quantitative estimate of drug-likeness (QED) is 0.871. The summed E-state index contributed by atoms with van der Waals surface area (Å²) in [5.41, 5.74) is 6.81. The molecular weight excluding hydrogens is 254 g/mol. The van der Waals surface area contributed by atoms with Crippen LogP contribution in [0.2, 0.25) is 0 Å². The van der Waals surface area contributed by atoms with Gasteiger partial charge in [-0.3, -0.25) is 4.90 Å². The summed E-state index contributed by atoms with van der Waals surface area (Å²) < 4.78 is 0. The number of nitrogens with zero attached hydrogens (tertiary/aromatic N) is 2. The summed E-state index contributed by atoms with van der Waals surface area (Å²) in [5, 5.41) is 3.40. The van der Waals surface area contributed by atoms with Crippen molar-refractivity contribution < 1.29 is 0 Å². The molecule has 0 aliphatic carbocycles. The molecule has 2 rings (SSSR count). The molecule has 4 heteroatoms. The highest BCUT2D eigenvalue weighted by Gasteiger charge is 2.17. The lowest BCUT2D eigenvalue weighted by atomic mass is 9.96. The fourth-order valence-electron chi connectivity index (χ4n) is 2.97. The Kier molecular flexibility index (Phi) is 6.28. The van der Waals surface area contributed by atoms with E-state index in [1.54, 1.807) is 11.3 Å².